The van der Waals surface area contributed by atoms with Crippen LogP contribution in [0.5, 0.6) is 0 Å². The molecule has 0 bridgehead atoms. The molecule has 190 valence electrons. The highest BCUT2D eigenvalue weighted by Crippen LogP contribution is 2.42. The number of aryl methyl sites for hydroxylation is 1. The number of methoxy groups -OCH3 is 1. The van der Waals surface area contributed by atoms with Gasteiger partial charge >= 0.3 is 12.1 Å². The number of fused-ring (bicyclic) bond motifs is 3. The standard InChI is InChI=1S/C27H30ClN3O5/c1-15-6-11-20-21(30(15)27(35)36-2)12-13-22-23(20)29-25(24(32)16-7-9-18(28)10-8-16)31(22)19-5-3-4-17(14-19)26(33)34/h7-10,12-13,15,17,19,24,32H,3-6,11,14H2,1-2H3,(H,33,34)/t15-,17+,19+,24-/m0/s1. The Kier molecular flexibility index (Phi) is 6.66. The molecule has 1 saturated carbocycles. The van der Waals surface area contributed by atoms with Gasteiger partial charge in [0.2, 0.25) is 0 Å². The van der Waals surface area contributed by atoms with Gasteiger partial charge in [0.25, 0.3) is 0 Å². The zero-order chi connectivity index (χ0) is 25.6. The van der Waals surface area contributed by atoms with Crippen LogP contribution in [0, 0.1) is 5.92 Å². The Morgan fingerprint density at radius 1 is 1.14 bits per heavy atom. The second-order valence-corrected chi connectivity index (χ2v) is 10.2. The lowest BCUT2D eigenvalue weighted by Crippen LogP contribution is -2.42. The molecule has 2 aromatic carbocycles. The molecule has 1 fully saturated rings. The lowest BCUT2D eigenvalue weighted by Gasteiger charge is -2.34. The summed E-state index contributed by atoms with van der Waals surface area (Å²) < 4.78 is 7.08. The summed E-state index contributed by atoms with van der Waals surface area (Å²) in [7, 11) is 1.37. The van der Waals surface area contributed by atoms with Gasteiger partial charge in [-0.2, -0.15) is 0 Å². The van der Waals surface area contributed by atoms with Crippen LogP contribution < -0.4 is 4.90 Å². The lowest BCUT2D eigenvalue weighted by atomic mass is 9.85. The third-order valence-electron chi connectivity index (χ3n) is 7.64. The van der Waals surface area contributed by atoms with E-state index in [1.807, 2.05) is 23.6 Å². The van der Waals surface area contributed by atoms with E-state index in [9.17, 15) is 19.8 Å². The number of hydrogen-bond acceptors (Lipinski definition) is 5. The Morgan fingerprint density at radius 2 is 1.89 bits per heavy atom. The van der Waals surface area contributed by atoms with E-state index < -0.39 is 24.1 Å². The highest BCUT2D eigenvalue weighted by Gasteiger charge is 2.35. The summed E-state index contributed by atoms with van der Waals surface area (Å²) in [4.78, 5) is 31.0. The van der Waals surface area contributed by atoms with Crippen LogP contribution in [0.25, 0.3) is 11.0 Å². The molecule has 0 saturated heterocycles. The van der Waals surface area contributed by atoms with Gasteiger partial charge in [-0.15, -0.1) is 0 Å². The number of aliphatic carboxylic acids is 1. The molecule has 1 aromatic heterocycles. The Morgan fingerprint density at radius 3 is 2.58 bits per heavy atom. The number of rotatable bonds is 4. The highest BCUT2D eigenvalue weighted by molar-refractivity contribution is 6.30. The van der Waals surface area contributed by atoms with E-state index in [2.05, 4.69) is 0 Å². The van der Waals surface area contributed by atoms with Crippen molar-refractivity contribution in [1.29, 1.82) is 0 Å². The van der Waals surface area contributed by atoms with Crippen molar-refractivity contribution in [3.63, 3.8) is 0 Å². The summed E-state index contributed by atoms with van der Waals surface area (Å²) in [6.45, 7) is 1.99. The maximum absolute atomic E-state index is 12.6. The van der Waals surface area contributed by atoms with Crippen LogP contribution in [-0.4, -0.2) is 45.0 Å². The van der Waals surface area contributed by atoms with E-state index in [0.717, 1.165) is 48.0 Å². The van der Waals surface area contributed by atoms with Gasteiger partial charge in [0.05, 0.1) is 29.7 Å². The first-order valence-corrected chi connectivity index (χ1v) is 12.7. The molecular formula is C27H30ClN3O5. The largest absolute Gasteiger partial charge is 0.481 e. The number of aliphatic hydroxyl groups is 1. The van der Waals surface area contributed by atoms with E-state index in [0.29, 0.717) is 29.3 Å². The van der Waals surface area contributed by atoms with Crippen LogP contribution >= 0.6 is 11.6 Å². The predicted molar refractivity (Wildman–Crippen MR) is 137 cm³/mol. The second kappa shape index (κ2) is 9.75. The number of carbonyl (C=O) groups excluding carboxylic acids is 1. The van der Waals surface area contributed by atoms with Crippen LogP contribution in [-0.2, 0) is 16.0 Å². The molecule has 0 spiro atoms. The third-order valence-corrected chi connectivity index (χ3v) is 7.90. The quantitative estimate of drug-likeness (QED) is 0.479. The molecule has 2 heterocycles. The minimum atomic E-state index is -1.02. The molecule has 9 heteroatoms. The summed E-state index contributed by atoms with van der Waals surface area (Å²) in [5.41, 5.74) is 3.92. The molecule has 0 unspecified atom stereocenters. The number of anilines is 1. The maximum atomic E-state index is 12.6. The smallest absolute Gasteiger partial charge is 0.414 e. The van der Waals surface area contributed by atoms with Gasteiger partial charge in [0.15, 0.2) is 0 Å². The Labute approximate surface area is 214 Å². The molecular weight excluding hydrogens is 482 g/mol. The van der Waals surface area contributed by atoms with Crippen molar-refractivity contribution in [2.24, 2.45) is 5.92 Å². The number of hydrogen-bond donors (Lipinski definition) is 2. The minimum absolute atomic E-state index is 0.0155. The fourth-order valence-corrected chi connectivity index (χ4v) is 5.91. The number of carboxylic acids is 1. The molecule has 2 N–H and O–H groups in total. The van der Waals surface area contributed by atoms with Crippen molar-refractivity contribution >= 4 is 40.4 Å². The molecule has 3 aromatic rings. The second-order valence-electron chi connectivity index (χ2n) is 9.81. The molecule has 5 rings (SSSR count). The van der Waals surface area contributed by atoms with Gasteiger partial charge in [-0.1, -0.05) is 30.2 Å². The van der Waals surface area contributed by atoms with E-state index in [1.165, 1.54) is 7.11 Å². The summed E-state index contributed by atoms with van der Waals surface area (Å²) >= 11 is 6.07. The normalized spacial score (nSPS) is 22.8. The zero-order valence-electron chi connectivity index (χ0n) is 20.4. The van der Waals surface area contributed by atoms with Crippen molar-refractivity contribution in [3.05, 3.63) is 58.4 Å². The highest BCUT2D eigenvalue weighted by atomic mass is 35.5. The summed E-state index contributed by atoms with van der Waals surface area (Å²) in [5, 5.41) is 21.7. The van der Waals surface area contributed by atoms with Gasteiger partial charge < -0.3 is 19.5 Å². The molecule has 4 atom stereocenters. The van der Waals surface area contributed by atoms with Gasteiger partial charge in [-0.3, -0.25) is 9.69 Å². The monoisotopic (exact) mass is 511 g/mol. The zero-order valence-corrected chi connectivity index (χ0v) is 21.1. The minimum Gasteiger partial charge on any atom is -0.481 e. The van der Waals surface area contributed by atoms with Gasteiger partial charge in [0.1, 0.15) is 11.9 Å². The first-order valence-electron chi connectivity index (χ1n) is 12.4. The number of amides is 1. The molecule has 1 amide bonds. The fraction of sp³-hybridized carbons (Fsp3) is 0.444. The summed E-state index contributed by atoms with van der Waals surface area (Å²) in [6, 6.07) is 10.7. The van der Waals surface area contributed by atoms with E-state index in [4.69, 9.17) is 21.3 Å². The van der Waals surface area contributed by atoms with Crippen molar-refractivity contribution in [1.82, 2.24) is 9.55 Å². The number of aromatic nitrogens is 2. The number of imidazole rings is 1. The molecule has 8 nitrogen and oxygen atoms in total. The Balaban J connectivity index is 1.69. The first-order chi connectivity index (χ1) is 17.3. The number of nitrogens with zero attached hydrogens (tertiary/aromatic N) is 3. The van der Waals surface area contributed by atoms with Crippen molar-refractivity contribution in [2.45, 2.75) is 63.6 Å². The van der Waals surface area contributed by atoms with E-state index >= 15 is 0 Å². The lowest BCUT2D eigenvalue weighted by molar-refractivity contribution is -0.143. The van der Waals surface area contributed by atoms with Crippen molar-refractivity contribution in [2.75, 3.05) is 12.0 Å². The average molecular weight is 512 g/mol. The maximum Gasteiger partial charge on any atom is 0.414 e. The molecule has 0 radical (unpaired) electrons. The first kappa shape index (κ1) is 24.6. The average Bonchev–Trinajstić information content (AvgIpc) is 3.28. The summed E-state index contributed by atoms with van der Waals surface area (Å²) in [6.07, 6.45) is 2.77. The molecule has 2 aliphatic rings. The number of carboxylic acid groups (broad SMARTS) is 1. The fourth-order valence-electron chi connectivity index (χ4n) is 5.79. The number of carbonyl (C=O) groups is 2. The van der Waals surface area contributed by atoms with Crippen LogP contribution in [0.4, 0.5) is 10.5 Å². The number of halogens is 1. The number of benzene rings is 2. The van der Waals surface area contributed by atoms with Crippen LogP contribution in [0.1, 0.15) is 68.1 Å². The number of aliphatic hydroxyl groups excluding tert-OH is 1. The predicted octanol–water partition coefficient (Wildman–Crippen LogP) is 5.49. The Bertz CT molecular complexity index is 1300. The van der Waals surface area contributed by atoms with Crippen molar-refractivity contribution < 1.29 is 24.5 Å². The van der Waals surface area contributed by atoms with Crippen LogP contribution in [0.2, 0.25) is 5.02 Å². The topological polar surface area (TPSA) is 105 Å². The van der Waals surface area contributed by atoms with Crippen LogP contribution in [0.15, 0.2) is 36.4 Å². The molecule has 36 heavy (non-hydrogen) atoms. The van der Waals surface area contributed by atoms with E-state index in [-0.39, 0.29) is 12.1 Å². The van der Waals surface area contributed by atoms with Crippen LogP contribution in [0.3, 0.4) is 0 Å². The molecule has 1 aliphatic heterocycles. The van der Waals surface area contributed by atoms with Gasteiger partial charge in [-0.05, 0) is 68.9 Å². The third kappa shape index (κ3) is 4.22. The van der Waals surface area contributed by atoms with E-state index in [1.54, 1.807) is 29.2 Å². The number of ether oxygens (including phenoxy) is 1. The molecule has 1 aliphatic carbocycles. The Hall–Kier alpha value is -3.10. The SMILES string of the molecule is COC(=O)N1c2ccc3c(nc([C@@H](O)c4ccc(Cl)cc4)n3[C@@H]3CCC[C@@H](C(=O)O)C3)c2CC[C@@H]1C. The van der Waals surface area contributed by atoms with Gasteiger partial charge in [0, 0.05) is 22.7 Å². The van der Waals surface area contributed by atoms with Gasteiger partial charge in [-0.25, -0.2) is 9.78 Å². The van der Waals surface area contributed by atoms with Crippen molar-refractivity contribution in [3.8, 4) is 0 Å². The summed E-state index contributed by atoms with van der Waals surface area (Å²) in [5.74, 6) is -0.751.